The average Bonchev–Trinajstić information content (AvgIpc) is 2.21. The summed E-state index contributed by atoms with van der Waals surface area (Å²) in [6, 6.07) is 7.93. The Kier molecular flexibility index (Phi) is 3.92. The summed E-state index contributed by atoms with van der Waals surface area (Å²) in [4.78, 5) is 0. The molecule has 0 amide bonds. The minimum Gasteiger partial charge on any atom is -0.287 e. The molecule has 1 N–H and O–H groups in total. The van der Waals surface area contributed by atoms with Crippen LogP contribution in [-0.4, -0.2) is 6.54 Å². The van der Waals surface area contributed by atoms with Gasteiger partial charge in [-0.3, -0.25) is 5.32 Å². The van der Waals surface area contributed by atoms with Crippen LogP contribution in [0.15, 0.2) is 18.2 Å². The fourth-order valence-electron chi connectivity index (χ4n) is 1.54. The molecule has 1 aromatic carbocycles. The van der Waals surface area contributed by atoms with Gasteiger partial charge in [0.1, 0.15) is 6.04 Å². The average molecular weight is 198 g/mol. The summed E-state index contributed by atoms with van der Waals surface area (Å²) in [5, 5.41) is 12.0. The lowest BCUT2D eigenvalue weighted by molar-refractivity contribution is 0.687. The van der Waals surface area contributed by atoms with Crippen LogP contribution in [0.25, 0.3) is 0 Å². The number of rotatable bonds is 3. The maximum absolute atomic E-state index is 9.02. The Morgan fingerprint density at radius 2 is 2.20 bits per heavy atom. The molecule has 1 unspecified atom stereocenters. The molecule has 0 saturated carbocycles. The Morgan fingerprint density at radius 1 is 1.47 bits per heavy atom. The number of hydrogen-bond acceptors (Lipinski definition) is 2. The van der Waals surface area contributed by atoms with E-state index in [1.807, 2.05) is 26.0 Å². The van der Waals surface area contributed by atoms with Gasteiger partial charge in [-0.25, -0.2) is 0 Å². The highest BCUT2D eigenvalue weighted by Crippen LogP contribution is 2.18. The molecule has 15 heavy (non-hydrogen) atoms. The van der Waals surface area contributed by atoms with Crippen LogP contribution in [-0.2, 0) is 0 Å². The van der Waals surface area contributed by atoms with E-state index in [4.69, 9.17) is 11.7 Å². The third-order valence-electron chi connectivity index (χ3n) is 2.27. The zero-order valence-electron chi connectivity index (χ0n) is 9.04. The van der Waals surface area contributed by atoms with E-state index in [1.165, 1.54) is 5.56 Å². The fraction of sp³-hybridized carbons (Fsp3) is 0.308. The van der Waals surface area contributed by atoms with Crippen molar-refractivity contribution < 1.29 is 0 Å². The van der Waals surface area contributed by atoms with Crippen LogP contribution in [0, 0.1) is 37.5 Å². The first-order chi connectivity index (χ1) is 7.19. The van der Waals surface area contributed by atoms with Gasteiger partial charge in [-0.1, -0.05) is 29.7 Å². The highest BCUT2D eigenvalue weighted by molar-refractivity contribution is 5.35. The second-order valence-corrected chi connectivity index (χ2v) is 3.51. The standard InChI is InChI=1S/C13H14N2/c1-4-7-15-13(9-14)12-6-5-10(2)8-11(12)3/h1,5-6,8,13,15H,7H2,2-3H3. The molecule has 0 heterocycles. The highest BCUT2D eigenvalue weighted by atomic mass is 14.9. The number of nitrogens with one attached hydrogen (secondary N) is 1. The zero-order valence-corrected chi connectivity index (χ0v) is 9.04. The summed E-state index contributed by atoms with van der Waals surface area (Å²) in [6.07, 6.45) is 5.15. The van der Waals surface area contributed by atoms with Crippen LogP contribution in [0.2, 0.25) is 0 Å². The molecule has 1 atom stereocenters. The van der Waals surface area contributed by atoms with E-state index in [0.717, 1.165) is 11.1 Å². The quantitative estimate of drug-likeness (QED) is 0.755. The summed E-state index contributed by atoms with van der Waals surface area (Å²) in [5.41, 5.74) is 3.31. The van der Waals surface area contributed by atoms with Gasteiger partial charge in [0.05, 0.1) is 12.6 Å². The van der Waals surface area contributed by atoms with Crippen molar-refractivity contribution in [2.75, 3.05) is 6.54 Å². The van der Waals surface area contributed by atoms with Gasteiger partial charge < -0.3 is 0 Å². The Bertz CT molecular complexity index is 421. The second kappa shape index (κ2) is 5.20. The Balaban J connectivity index is 2.94. The molecular formula is C13H14N2. The van der Waals surface area contributed by atoms with Gasteiger partial charge >= 0.3 is 0 Å². The molecule has 0 spiro atoms. The van der Waals surface area contributed by atoms with Crippen LogP contribution in [0.4, 0.5) is 0 Å². The first-order valence-corrected chi connectivity index (χ1v) is 4.82. The van der Waals surface area contributed by atoms with Crippen molar-refractivity contribution in [2.45, 2.75) is 19.9 Å². The molecule has 76 valence electrons. The summed E-state index contributed by atoms with van der Waals surface area (Å²) in [6.45, 7) is 4.45. The van der Waals surface area contributed by atoms with E-state index in [2.05, 4.69) is 23.4 Å². The SMILES string of the molecule is C#CCNC(C#N)c1ccc(C)cc1C. The van der Waals surface area contributed by atoms with Gasteiger partial charge in [0, 0.05) is 0 Å². The molecular weight excluding hydrogens is 184 g/mol. The predicted octanol–water partition coefficient (Wildman–Crippen LogP) is 2.09. The third kappa shape index (κ3) is 2.84. The van der Waals surface area contributed by atoms with Crippen LogP contribution < -0.4 is 5.32 Å². The number of nitriles is 1. The third-order valence-corrected chi connectivity index (χ3v) is 2.27. The number of nitrogens with zero attached hydrogens (tertiary/aromatic N) is 1. The monoisotopic (exact) mass is 198 g/mol. The van der Waals surface area contributed by atoms with E-state index < -0.39 is 0 Å². The first kappa shape index (κ1) is 11.3. The molecule has 0 aliphatic heterocycles. The van der Waals surface area contributed by atoms with Gasteiger partial charge in [0.25, 0.3) is 0 Å². The number of hydrogen-bond donors (Lipinski definition) is 1. The number of terminal acetylenes is 1. The molecule has 0 aliphatic rings. The topological polar surface area (TPSA) is 35.8 Å². The minimum atomic E-state index is -0.318. The van der Waals surface area contributed by atoms with Crippen molar-refractivity contribution in [1.29, 1.82) is 5.26 Å². The molecule has 0 radical (unpaired) electrons. The highest BCUT2D eigenvalue weighted by Gasteiger charge is 2.11. The van der Waals surface area contributed by atoms with E-state index in [1.54, 1.807) is 0 Å². The molecule has 1 rings (SSSR count). The van der Waals surface area contributed by atoms with E-state index in [0.29, 0.717) is 6.54 Å². The second-order valence-electron chi connectivity index (χ2n) is 3.51. The smallest absolute Gasteiger partial charge is 0.122 e. The van der Waals surface area contributed by atoms with Crippen LogP contribution in [0.5, 0.6) is 0 Å². The largest absolute Gasteiger partial charge is 0.287 e. The van der Waals surface area contributed by atoms with E-state index in [-0.39, 0.29) is 6.04 Å². The summed E-state index contributed by atoms with van der Waals surface area (Å²) < 4.78 is 0. The van der Waals surface area contributed by atoms with Crippen molar-refractivity contribution in [3.63, 3.8) is 0 Å². The molecule has 0 saturated heterocycles. The van der Waals surface area contributed by atoms with Crippen LogP contribution >= 0.6 is 0 Å². The van der Waals surface area contributed by atoms with Gasteiger partial charge in [-0.15, -0.1) is 6.42 Å². The van der Waals surface area contributed by atoms with E-state index in [9.17, 15) is 0 Å². The van der Waals surface area contributed by atoms with Crippen molar-refractivity contribution in [1.82, 2.24) is 5.32 Å². The Morgan fingerprint density at radius 3 is 2.73 bits per heavy atom. The summed E-state index contributed by atoms with van der Waals surface area (Å²) in [7, 11) is 0. The van der Waals surface area contributed by atoms with Crippen molar-refractivity contribution >= 4 is 0 Å². The molecule has 0 aromatic heterocycles. The van der Waals surface area contributed by atoms with Gasteiger partial charge in [-0.05, 0) is 25.0 Å². The zero-order chi connectivity index (χ0) is 11.3. The predicted molar refractivity (Wildman–Crippen MR) is 61.1 cm³/mol. The van der Waals surface area contributed by atoms with E-state index >= 15 is 0 Å². The lowest BCUT2D eigenvalue weighted by atomic mass is 10.00. The molecule has 2 nitrogen and oxygen atoms in total. The first-order valence-electron chi connectivity index (χ1n) is 4.82. The lowest BCUT2D eigenvalue weighted by Crippen LogP contribution is -2.20. The molecule has 0 fully saturated rings. The van der Waals surface area contributed by atoms with Gasteiger partial charge in [0.2, 0.25) is 0 Å². The number of benzene rings is 1. The lowest BCUT2D eigenvalue weighted by Gasteiger charge is -2.13. The Hall–Kier alpha value is -1.77. The van der Waals surface area contributed by atoms with Crippen LogP contribution in [0.3, 0.4) is 0 Å². The van der Waals surface area contributed by atoms with Crippen molar-refractivity contribution in [3.05, 3.63) is 34.9 Å². The molecule has 0 aliphatic carbocycles. The minimum absolute atomic E-state index is 0.318. The van der Waals surface area contributed by atoms with Crippen molar-refractivity contribution in [3.8, 4) is 18.4 Å². The van der Waals surface area contributed by atoms with Crippen LogP contribution in [0.1, 0.15) is 22.7 Å². The summed E-state index contributed by atoms with van der Waals surface area (Å²) >= 11 is 0. The number of aryl methyl sites for hydroxylation is 2. The van der Waals surface area contributed by atoms with Gasteiger partial charge in [0.15, 0.2) is 0 Å². The fourth-order valence-corrected chi connectivity index (χ4v) is 1.54. The molecule has 1 aromatic rings. The molecule has 0 bridgehead atoms. The van der Waals surface area contributed by atoms with Crippen molar-refractivity contribution in [2.24, 2.45) is 0 Å². The normalized spacial score (nSPS) is 11.5. The maximum Gasteiger partial charge on any atom is 0.122 e. The molecule has 2 heteroatoms. The Labute approximate surface area is 90.9 Å². The van der Waals surface area contributed by atoms with Gasteiger partial charge in [-0.2, -0.15) is 5.26 Å². The summed E-state index contributed by atoms with van der Waals surface area (Å²) in [5.74, 6) is 2.47. The maximum atomic E-state index is 9.02.